The molecule has 0 aliphatic carbocycles. The first-order valence-electron chi connectivity index (χ1n) is 10.8. The average molecular weight is 499 g/mol. The van der Waals surface area contributed by atoms with Gasteiger partial charge in [-0.25, -0.2) is 0 Å². The molecule has 1 fully saturated rings. The van der Waals surface area contributed by atoms with Crippen molar-refractivity contribution in [3.05, 3.63) is 34.9 Å². The number of benzene rings is 1. The standard InChI is InChI=1S/C22H36ClN3OS.2ClH/c1-2-3-4-5-12-24-22(27)28-18-7-15-25-13-6-14-26(17-16-25)19-20-8-10-21(23)11-9-20;;/h8-11H,2-7,12-19H2,1H3,(H,24,27);2*1H. The second kappa shape index (κ2) is 18.4. The van der Waals surface area contributed by atoms with E-state index in [2.05, 4.69) is 34.2 Å². The van der Waals surface area contributed by atoms with E-state index in [9.17, 15) is 4.79 Å². The molecule has 1 saturated heterocycles. The van der Waals surface area contributed by atoms with Gasteiger partial charge in [-0.1, -0.05) is 61.7 Å². The van der Waals surface area contributed by atoms with Gasteiger partial charge in [-0.05, 0) is 56.6 Å². The van der Waals surface area contributed by atoms with Crippen molar-refractivity contribution in [3.63, 3.8) is 0 Å². The number of thioether (sulfide) groups is 1. The van der Waals surface area contributed by atoms with Gasteiger partial charge in [0.15, 0.2) is 0 Å². The van der Waals surface area contributed by atoms with Crippen LogP contribution in [0, 0.1) is 0 Å². The summed E-state index contributed by atoms with van der Waals surface area (Å²) in [5, 5.41) is 3.96. The van der Waals surface area contributed by atoms with Crippen LogP contribution < -0.4 is 5.32 Å². The number of nitrogens with zero attached hydrogens (tertiary/aromatic N) is 2. The number of hydrogen-bond donors (Lipinski definition) is 1. The van der Waals surface area contributed by atoms with E-state index in [0.717, 1.165) is 69.4 Å². The van der Waals surface area contributed by atoms with Gasteiger partial charge in [0.2, 0.25) is 0 Å². The lowest BCUT2D eigenvalue weighted by atomic mass is 10.2. The molecule has 1 N–H and O–H groups in total. The maximum absolute atomic E-state index is 11.8. The first kappa shape index (κ1) is 29.8. The van der Waals surface area contributed by atoms with E-state index in [1.807, 2.05) is 12.1 Å². The third kappa shape index (κ3) is 13.3. The van der Waals surface area contributed by atoms with Crippen molar-refractivity contribution < 1.29 is 4.79 Å². The summed E-state index contributed by atoms with van der Waals surface area (Å²) in [7, 11) is 0. The Labute approximate surface area is 204 Å². The number of amides is 1. The minimum Gasteiger partial charge on any atom is -0.347 e. The Kier molecular flexibility index (Phi) is 18.3. The third-order valence-corrected chi connectivity index (χ3v) is 6.30. The molecule has 1 aromatic rings. The van der Waals surface area contributed by atoms with Crippen LogP contribution in [0.5, 0.6) is 0 Å². The summed E-state index contributed by atoms with van der Waals surface area (Å²) >= 11 is 7.42. The molecule has 0 radical (unpaired) electrons. The molecule has 1 aliphatic heterocycles. The molecule has 0 bridgehead atoms. The predicted molar refractivity (Wildman–Crippen MR) is 137 cm³/mol. The molecule has 8 heteroatoms. The number of nitrogens with one attached hydrogen (secondary N) is 1. The van der Waals surface area contributed by atoms with Gasteiger partial charge in [-0.2, -0.15) is 0 Å². The molecule has 30 heavy (non-hydrogen) atoms. The first-order valence-corrected chi connectivity index (χ1v) is 12.1. The van der Waals surface area contributed by atoms with Gasteiger partial charge in [-0.15, -0.1) is 24.8 Å². The third-order valence-electron chi connectivity index (χ3n) is 5.15. The van der Waals surface area contributed by atoms with Crippen LogP contribution in [0.3, 0.4) is 0 Å². The number of rotatable bonds is 11. The van der Waals surface area contributed by atoms with Crippen molar-refractivity contribution in [2.45, 2.75) is 52.0 Å². The van der Waals surface area contributed by atoms with E-state index in [1.165, 1.54) is 43.0 Å². The van der Waals surface area contributed by atoms with E-state index in [4.69, 9.17) is 11.6 Å². The smallest absolute Gasteiger partial charge is 0.279 e. The number of carbonyl (C=O) groups excluding carboxylic acids is 1. The Morgan fingerprint density at radius 1 is 1.00 bits per heavy atom. The lowest BCUT2D eigenvalue weighted by Gasteiger charge is -2.21. The summed E-state index contributed by atoms with van der Waals surface area (Å²) in [6, 6.07) is 8.19. The van der Waals surface area contributed by atoms with Gasteiger partial charge >= 0.3 is 0 Å². The molecule has 0 saturated carbocycles. The van der Waals surface area contributed by atoms with Crippen molar-refractivity contribution >= 4 is 53.4 Å². The molecular weight excluding hydrogens is 461 g/mol. The quantitative estimate of drug-likeness (QED) is 0.374. The summed E-state index contributed by atoms with van der Waals surface area (Å²) < 4.78 is 0. The van der Waals surface area contributed by atoms with Crippen LogP contribution in [0.2, 0.25) is 5.02 Å². The second-order valence-corrected chi connectivity index (χ2v) is 9.08. The zero-order valence-electron chi connectivity index (χ0n) is 18.1. The maximum Gasteiger partial charge on any atom is 0.279 e. The van der Waals surface area contributed by atoms with E-state index in [-0.39, 0.29) is 30.1 Å². The van der Waals surface area contributed by atoms with Gasteiger partial charge in [-0.3, -0.25) is 9.69 Å². The number of carbonyl (C=O) groups is 1. The molecule has 0 atom stereocenters. The van der Waals surface area contributed by atoms with Crippen molar-refractivity contribution in [3.8, 4) is 0 Å². The minimum atomic E-state index is 0. The monoisotopic (exact) mass is 497 g/mol. The van der Waals surface area contributed by atoms with Crippen LogP contribution in [-0.2, 0) is 6.54 Å². The highest BCUT2D eigenvalue weighted by Crippen LogP contribution is 2.13. The summed E-state index contributed by atoms with van der Waals surface area (Å²) in [6.45, 7) is 9.64. The molecule has 0 unspecified atom stereocenters. The molecule has 1 aromatic carbocycles. The number of hydrogen-bond acceptors (Lipinski definition) is 4. The highest BCUT2D eigenvalue weighted by Gasteiger charge is 2.15. The van der Waals surface area contributed by atoms with Gasteiger partial charge < -0.3 is 10.2 Å². The maximum atomic E-state index is 11.8. The van der Waals surface area contributed by atoms with Crippen molar-refractivity contribution in [1.29, 1.82) is 0 Å². The van der Waals surface area contributed by atoms with E-state index in [0.29, 0.717) is 0 Å². The summed E-state index contributed by atoms with van der Waals surface area (Å²) in [4.78, 5) is 16.9. The predicted octanol–water partition coefficient (Wildman–Crippen LogP) is 6.10. The average Bonchev–Trinajstić information content (AvgIpc) is 2.92. The van der Waals surface area contributed by atoms with Crippen LogP contribution >= 0.6 is 48.2 Å². The molecule has 1 amide bonds. The van der Waals surface area contributed by atoms with Crippen molar-refractivity contribution in [1.82, 2.24) is 15.1 Å². The zero-order valence-corrected chi connectivity index (χ0v) is 21.3. The fourth-order valence-corrected chi connectivity index (χ4v) is 4.29. The summed E-state index contributed by atoms with van der Waals surface area (Å²) in [6.07, 6.45) is 7.09. The Bertz CT molecular complexity index is 563. The topological polar surface area (TPSA) is 35.6 Å². The van der Waals surface area contributed by atoms with Crippen LogP contribution in [0.4, 0.5) is 4.79 Å². The molecule has 2 rings (SSSR count). The summed E-state index contributed by atoms with van der Waals surface area (Å²) in [5.41, 5.74) is 1.33. The zero-order chi connectivity index (χ0) is 20.0. The Balaban J connectivity index is 0.00000420. The van der Waals surface area contributed by atoms with Gasteiger partial charge in [0.1, 0.15) is 0 Å². The van der Waals surface area contributed by atoms with E-state index < -0.39 is 0 Å². The van der Waals surface area contributed by atoms with E-state index in [1.54, 1.807) is 0 Å². The minimum absolute atomic E-state index is 0. The van der Waals surface area contributed by atoms with Crippen LogP contribution in [0.15, 0.2) is 24.3 Å². The fraction of sp³-hybridized carbons (Fsp3) is 0.682. The van der Waals surface area contributed by atoms with E-state index >= 15 is 0 Å². The highest BCUT2D eigenvalue weighted by molar-refractivity contribution is 8.13. The second-order valence-electron chi connectivity index (χ2n) is 7.57. The number of halogens is 3. The highest BCUT2D eigenvalue weighted by atomic mass is 35.5. The lowest BCUT2D eigenvalue weighted by molar-refractivity contribution is 0.252. The SMILES string of the molecule is CCCCCCNC(=O)SCCCN1CCCN(Cc2ccc(Cl)cc2)CC1.Cl.Cl. The molecular formula is C22H38Cl3N3OS. The molecule has 4 nitrogen and oxygen atoms in total. The largest absolute Gasteiger partial charge is 0.347 e. The van der Waals surface area contributed by atoms with Gasteiger partial charge in [0, 0.05) is 37.0 Å². The molecule has 1 heterocycles. The Morgan fingerprint density at radius 2 is 1.70 bits per heavy atom. The molecule has 174 valence electrons. The fourth-order valence-electron chi connectivity index (χ4n) is 3.50. The molecule has 1 aliphatic rings. The van der Waals surface area contributed by atoms with Crippen molar-refractivity contribution in [2.75, 3.05) is 45.0 Å². The Hall–Kier alpha value is -0.170. The van der Waals surface area contributed by atoms with Crippen LogP contribution in [0.1, 0.15) is 51.0 Å². The molecule has 0 spiro atoms. The normalized spacial score (nSPS) is 15.0. The van der Waals surface area contributed by atoms with Crippen molar-refractivity contribution in [2.24, 2.45) is 0 Å². The van der Waals surface area contributed by atoms with Gasteiger partial charge in [0.05, 0.1) is 0 Å². The van der Waals surface area contributed by atoms with Crippen LogP contribution in [-0.4, -0.2) is 60.1 Å². The summed E-state index contributed by atoms with van der Waals surface area (Å²) in [5.74, 6) is 0.909. The van der Waals surface area contributed by atoms with Crippen LogP contribution in [0.25, 0.3) is 0 Å². The molecule has 0 aromatic heterocycles. The Morgan fingerprint density at radius 3 is 2.43 bits per heavy atom. The van der Waals surface area contributed by atoms with Gasteiger partial charge in [0.25, 0.3) is 5.24 Å². The number of unbranched alkanes of at least 4 members (excludes halogenated alkanes) is 3. The lowest BCUT2D eigenvalue weighted by Crippen LogP contribution is -2.31. The first-order chi connectivity index (χ1) is 13.7.